The van der Waals surface area contributed by atoms with Crippen LogP contribution in [0.15, 0.2) is 30.3 Å². The van der Waals surface area contributed by atoms with E-state index in [-0.39, 0.29) is 30.2 Å². The Morgan fingerprint density at radius 1 is 0.833 bits per heavy atom. The van der Waals surface area contributed by atoms with Gasteiger partial charge < -0.3 is 42.4 Å². The molecule has 0 aromatic heterocycles. The van der Waals surface area contributed by atoms with Crippen molar-refractivity contribution >= 4 is 21.3 Å². The molecule has 0 amide bonds. The lowest BCUT2D eigenvalue weighted by Crippen LogP contribution is -2.65. The maximum atomic E-state index is 12.1. The summed E-state index contributed by atoms with van der Waals surface area (Å²) in [4.78, 5) is 0. The fraction of sp³-hybridized carbons (Fsp3) is 0.786. The first-order valence-corrected chi connectivity index (χ1v) is 17.2. The molecule has 0 aliphatic carbocycles. The minimum absolute atomic E-state index is 0.0775. The van der Waals surface area contributed by atoms with Crippen LogP contribution in [0, 0.1) is 0 Å². The molecule has 5 fully saturated rings. The lowest BCUT2D eigenvalue weighted by atomic mass is 10.0. The van der Waals surface area contributed by atoms with Crippen molar-refractivity contribution in [3.8, 4) is 0 Å². The van der Waals surface area contributed by atoms with Crippen molar-refractivity contribution in [3.05, 3.63) is 35.9 Å². The smallest absolute Gasteiger partial charge is 0.218 e. The molecule has 236 valence electrons. The van der Waals surface area contributed by atoms with Crippen LogP contribution in [0.2, 0.25) is 0 Å². The van der Waals surface area contributed by atoms with Gasteiger partial charge >= 0.3 is 0 Å². The van der Waals surface area contributed by atoms with Crippen LogP contribution in [0.3, 0.4) is 0 Å². The molecule has 10 atom stereocenters. The number of benzene rings is 1. The second kappa shape index (κ2) is 11.2. The summed E-state index contributed by atoms with van der Waals surface area (Å²) in [5, 5.41) is -0.0775. The molecule has 6 rings (SSSR count). The molecule has 1 aromatic rings. The van der Waals surface area contributed by atoms with Crippen molar-refractivity contribution in [2.24, 2.45) is 0 Å². The minimum Gasteiger partial charge on any atom is -0.726 e. The molecule has 1 aromatic carbocycles. The number of hydrogen-bond donors (Lipinski definition) is 0. The molecule has 0 bridgehead atoms. The summed E-state index contributed by atoms with van der Waals surface area (Å²) >= 11 is 0. The third kappa shape index (κ3) is 6.70. The standard InChI is InChI=1S/C28H40O12S2/c1-26(2)32-12-17(36-26)21-23(40-42(29,30)31)18(34-25(35-21)16-10-8-7-9-11-16)14-41-15-19-22(38-28(5,6)37-19)24-20(41)13-33-27(3,4)39-24/h7-11,17-25H,12-15H2,1-6H3/t17-,18+,19-,20+,21-,22-,23-,24-,25?,41?/m1/s1. The number of fused-ring (bicyclic) bond motifs is 3. The SMILES string of the molecule is CC1(C)OC[C@H]2[C@@H](O1)[C@@H]1OC(C)(C)O[C@@H]1C[S+]2C[C@@H]1OC(c2ccccc2)O[C@H]([C@H]2COC(C)(C)O2)[C@@H]1OS(=O)(=O)[O-]. The van der Waals surface area contributed by atoms with Crippen LogP contribution < -0.4 is 0 Å². The predicted molar refractivity (Wildman–Crippen MR) is 148 cm³/mol. The molecule has 0 spiro atoms. The topological polar surface area (TPSA) is 140 Å². The molecule has 12 nitrogen and oxygen atoms in total. The van der Waals surface area contributed by atoms with Gasteiger partial charge in [-0.05, 0) is 41.5 Å². The Balaban J connectivity index is 1.33. The zero-order valence-electron chi connectivity index (χ0n) is 24.6. The van der Waals surface area contributed by atoms with E-state index in [9.17, 15) is 13.0 Å². The summed E-state index contributed by atoms with van der Waals surface area (Å²) in [6, 6.07) is 9.32. The highest BCUT2D eigenvalue weighted by Gasteiger charge is 2.63. The van der Waals surface area contributed by atoms with Crippen molar-refractivity contribution < 1.29 is 55.0 Å². The average molecular weight is 633 g/mol. The Kier molecular flexibility index (Phi) is 8.28. The van der Waals surface area contributed by atoms with Gasteiger partial charge in [0.2, 0.25) is 10.4 Å². The van der Waals surface area contributed by atoms with Crippen LogP contribution in [0.1, 0.15) is 53.4 Å². The largest absolute Gasteiger partial charge is 0.726 e. The first-order valence-electron chi connectivity index (χ1n) is 14.2. The zero-order chi connectivity index (χ0) is 30.1. The van der Waals surface area contributed by atoms with Crippen LogP contribution in [-0.4, -0.2) is 103 Å². The Morgan fingerprint density at radius 2 is 1.48 bits per heavy atom. The Morgan fingerprint density at radius 3 is 2.14 bits per heavy atom. The highest BCUT2D eigenvalue weighted by atomic mass is 32.3. The molecule has 42 heavy (non-hydrogen) atoms. The molecular formula is C28H40O12S2. The quantitative estimate of drug-likeness (QED) is 0.258. The van der Waals surface area contributed by atoms with E-state index in [0.717, 1.165) is 5.56 Å². The molecule has 5 heterocycles. The van der Waals surface area contributed by atoms with Gasteiger partial charge in [-0.25, -0.2) is 8.42 Å². The lowest BCUT2D eigenvalue weighted by molar-refractivity contribution is -0.299. The molecule has 0 N–H and O–H groups in total. The van der Waals surface area contributed by atoms with E-state index in [2.05, 4.69) is 0 Å². The molecule has 5 aliphatic rings. The van der Waals surface area contributed by atoms with Crippen molar-refractivity contribution in [1.82, 2.24) is 0 Å². The Bertz CT molecular complexity index is 1220. The van der Waals surface area contributed by atoms with Gasteiger partial charge in [-0.15, -0.1) is 0 Å². The van der Waals surface area contributed by atoms with E-state index in [1.54, 1.807) is 13.8 Å². The summed E-state index contributed by atoms with van der Waals surface area (Å²) < 4.78 is 91.1. The summed E-state index contributed by atoms with van der Waals surface area (Å²) in [6.45, 7) is 11.6. The monoisotopic (exact) mass is 632 g/mol. The number of hydrogen-bond acceptors (Lipinski definition) is 12. The molecule has 0 saturated carbocycles. The summed E-state index contributed by atoms with van der Waals surface area (Å²) in [5.74, 6) is -1.53. The van der Waals surface area contributed by atoms with Crippen molar-refractivity contribution in [3.63, 3.8) is 0 Å². The van der Waals surface area contributed by atoms with E-state index in [1.165, 1.54) is 0 Å². The molecule has 5 saturated heterocycles. The maximum Gasteiger partial charge on any atom is 0.218 e. The molecule has 5 aliphatic heterocycles. The third-order valence-electron chi connectivity index (χ3n) is 8.08. The van der Waals surface area contributed by atoms with E-state index >= 15 is 0 Å². The second-order valence-electron chi connectivity index (χ2n) is 12.7. The van der Waals surface area contributed by atoms with Crippen LogP contribution in [0.25, 0.3) is 0 Å². The second-order valence-corrected chi connectivity index (χ2v) is 16.1. The van der Waals surface area contributed by atoms with Crippen LogP contribution in [0.5, 0.6) is 0 Å². The van der Waals surface area contributed by atoms with Gasteiger partial charge in [0.05, 0.1) is 6.61 Å². The van der Waals surface area contributed by atoms with E-state index in [0.29, 0.717) is 18.1 Å². The van der Waals surface area contributed by atoms with Crippen molar-refractivity contribution in [2.75, 3.05) is 24.7 Å². The van der Waals surface area contributed by atoms with Gasteiger partial charge in [0, 0.05) is 16.5 Å². The summed E-state index contributed by atoms with van der Waals surface area (Å²) in [7, 11) is -5.61. The van der Waals surface area contributed by atoms with Gasteiger partial charge in [-0.2, -0.15) is 0 Å². The van der Waals surface area contributed by atoms with E-state index in [1.807, 2.05) is 58.0 Å². The zero-order valence-corrected chi connectivity index (χ0v) is 26.3. The van der Waals surface area contributed by atoms with Crippen LogP contribution >= 0.6 is 0 Å². The maximum absolute atomic E-state index is 12.1. The average Bonchev–Trinajstić information content (AvgIpc) is 3.41. The van der Waals surface area contributed by atoms with Crippen LogP contribution in [-0.2, 0) is 63.4 Å². The molecule has 14 heteroatoms. The van der Waals surface area contributed by atoms with Gasteiger partial charge in [-0.3, -0.25) is 4.18 Å². The molecular weight excluding hydrogens is 592 g/mol. The fourth-order valence-corrected chi connectivity index (χ4v) is 9.77. The highest BCUT2D eigenvalue weighted by molar-refractivity contribution is 7.97. The fourth-order valence-electron chi connectivity index (χ4n) is 6.42. The third-order valence-corrected chi connectivity index (χ3v) is 11.3. The van der Waals surface area contributed by atoms with Gasteiger partial charge in [0.15, 0.2) is 28.9 Å². The summed E-state index contributed by atoms with van der Waals surface area (Å²) in [6.07, 6.45) is -5.50. The van der Waals surface area contributed by atoms with Gasteiger partial charge in [-0.1, -0.05) is 30.3 Å². The van der Waals surface area contributed by atoms with Crippen molar-refractivity contribution in [1.29, 1.82) is 0 Å². The highest BCUT2D eigenvalue weighted by Crippen LogP contribution is 2.44. The summed E-state index contributed by atoms with van der Waals surface area (Å²) in [5.41, 5.74) is 0.736. The Labute approximate surface area is 249 Å². The molecule has 2 unspecified atom stereocenters. The first-order chi connectivity index (χ1) is 19.6. The molecule has 0 radical (unpaired) electrons. The van der Waals surface area contributed by atoms with E-state index in [4.69, 9.17) is 42.1 Å². The van der Waals surface area contributed by atoms with Gasteiger partial charge in [0.1, 0.15) is 60.8 Å². The lowest BCUT2D eigenvalue weighted by Gasteiger charge is -2.47. The minimum atomic E-state index is -5.14. The van der Waals surface area contributed by atoms with Crippen LogP contribution in [0.4, 0.5) is 0 Å². The predicted octanol–water partition coefficient (Wildman–Crippen LogP) is 2.14. The normalized spacial score (nSPS) is 42.5. The number of rotatable bonds is 6. The first kappa shape index (κ1) is 31.1. The van der Waals surface area contributed by atoms with Gasteiger partial charge in [0.25, 0.3) is 0 Å². The van der Waals surface area contributed by atoms with E-state index < -0.39 is 69.4 Å². The van der Waals surface area contributed by atoms with Crippen molar-refractivity contribution in [2.45, 2.75) is 113 Å². The Hall–Kier alpha value is -0.880. The number of ether oxygens (including phenoxy) is 8.